The molecular formula is C15H16N2O3S. The van der Waals surface area contributed by atoms with Crippen LogP contribution >= 0.6 is 11.3 Å². The molecule has 0 spiro atoms. The highest BCUT2D eigenvalue weighted by molar-refractivity contribution is 7.15. The lowest BCUT2D eigenvalue weighted by Gasteiger charge is -2.04. The third-order valence-corrected chi connectivity index (χ3v) is 4.20. The van der Waals surface area contributed by atoms with Crippen LogP contribution in [-0.4, -0.2) is 22.0 Å². The van der Waals surface area contributed by atoms with Crippen molar-refractivity contribution in [2.45, 2.75) is 26.7 Å². The number of carbonyl (C=O) groups excluding carboxylic acids is 1. The van der Waals surface area contributed by atoms with E-state index in [1.807, 2.05) is 32.0 Å². The normalized spacial score (nSPS) is 10.4. The van der Waals surface area contributed by atoms with E-state index in [0.29, 0.717) is 17.1 Å². The van der Waals surface area contributed by atoms with Crippen LogP contribution in [0, 0.1) is 13.8 Å². The zero-order valence-electron chi connectivity index (χ0n) is 11.8. The van der Waals surface area contributed by atoms with Crippen LogP contribution in [0.4, 0.5) is 5.13 Å². The fraction of sp³-hybridized carbons (Fsp3) is 0.267. The molecule has 0 fully saturated rings. The van der Waals surface area contributed by atoms with Crippen molar-refractivity contribution in [1.29, 1.82) is 0 Å². The molecule has 0 radical (unpaired) electrons. The monoisotopic (exact) mass is 304 g/mol. The first-order chi connectivity index (χ1) is 9.97. The number of aromatic nitrogens is 1. The highest BCUT2D eigenvalue weighted by Crippen LogP contribution is 2.24. The van der Waals surface area contributed by atoms with Crippen LogP contribution in [0.25, 0.3) is 0 Å². The van der Waals surface area contributed by atoms with E-state index in [-0.39, 0.29) is 12.3 Å². The summed E-state index contributed by atoms with van der Waals surface area (Å²) in [6.45, 7) is 3.69. The Morgan fingerprint density at radius 2 is 2.00 bits per heavy atom. The van der Waals surface area contributed by atoms with Gasteiger partial charge in [-0.15, -0.1) is 11.3 Å². The predicted molar refractivity (Wildman–Crippen MR) is 81.9 cm³/mol. The Bertz CT molecular complexity index is 679. The van der Waals surface area contributed by atoms with Crippen LogP contribution in [0.3, 0.4) is 0 Å². The number of aliphatic carboxylic acids is 1. The molecule has 2 aromatic rings. The van der Waals surface area contributed by atoms with Gasteiger partial charge in [0.1, 0.15) is 0 Å². The van der Waals surface area contributed by atoms with E-state index < -0.39 is 5.97 Å². The molecule has 0 aliphatic heterocycles. The lowest BCUT2D eigenvalue weighted by Crippen LogP contribution is -2.12. The minimum absolute atomic E-state index is 0.0637. The maximum absolute atomic E-state index is 12.2. The summed E-state index contributed by atoms with van der Waals surface area (Å²) in [5.41, 5.74) is 2.27. The first-order valence-electron chi connectivity index (χ1n) is 6.52. The summed E-state index contributed by atoms with van der Waals surface area (Å²) in [4.78, 5) is 28.0. The molecule has 0 unspecified atom stereocenters. The summed E-state index contributed by atoms with van der Waals surface area (Å²) >= 11 is 1.32. The average molecular weight is 304 g/mol. The molecule has 1 heterocycles. The van der Waals surface area contributed by atoms with Crippen molar-refractivity contribution in [2.75, 3.05) is 5.32 Å². The smallest absolute Gasteiger partial charge is 0.303 e. The third-order valence-electron chi connectivity index (χ3n) is 3.07. The van der Waals surface area contributed by atoms with E-state index in [0.717, 1.165) is 16.1 Å². The zero-order valence-corrected chi connectivity index (χ0v) is 12.7. The van der Waals surface area contributed by atoms with Gasteiger partial charge in [-0.1, -0.05) is 18.2 Å². The van der Waals surface area contributed by atoms with E-state index in [2.05, 4.69) is 10.3 Å². The summed E-state index contributed by atoms with van der Waals surface area (Å²) in [6, 6.07) is 7.33. The molecule has 2 rings (SSSR count). The highest BCUT2D eigenvalue weighted by Gasteiger charge is 2.13. The van der Waals surface area contributed by atoms with Gasteiger partial charge in [0.15, 0.2) is 5.13 Å². The first-order valence-corrected chi connectivity index (χ1v) is 7.34. The van der Waals surface area contributed by atoms with Gasteiger partial charge in [-0.2, -0.15) is 0 Å². The molecule has 110 valence electrons. The Balaban J connectivity index is 2.10. The summed E-state index contributed by atoms with van der Waals surface area (Å²) in [5, 5.41) is 12.0. The van der Waals surface area contributed by atoms with Crippen molar-refractivity contribution >= 4 is 28.3 Å². The van der Waals surface area contributed by atoms with E-state index in [9.17, 15) is 9.59 Å². The minimum atomic E-state index is -0.840. The molecule has 1 aromatic carbocycles. The quantitative estimate of drug-likeness (QED) is 0.890. The second kappa shape index (κ2) is 6.49. The van der Waals surface area contributed by atoms with Gasteiger partial charge in [-0.3, -0.25) is 14.9 Å². The van der Waals surface area contributed by atoms with Crippen LogP contribution in [0.15, 0.2) is 24.3 Å². The maximum Gasteiger partial charge on any atom is 0.303 e. The summed E-state index contributed by atoms with van der Waals surface area (Å²) in [7, 11) is 0. The van der Waals surface area contributed by atoms with E-state index >= 15 is 0 Å². The van der Waals surface area contributed by atoms with Crippen molar-refractivity contribution in [3.05, 3.63) is 46.0 Å². The number of carboxylic acid groups (broad SMARTS) is 1. The van der Waals surface area contributed by atoms with E-state index in [4.69, 9.17) is 5.11 Å². The fourth-order valence-corrected chi connectivity index (χ4v) is 2.88. The second-order valence-electron chi connectivity index (χ2n) is 4.69. The van der Waals surface area contributed by atoms with Gasteiger partial charge in [-0.25, -0.2) is 4.98 Å². The van der Waals surface area contributed by atoms with Gasteiger partial charge < -0.3 is 5.11 Å². The van der Waals surface area contributed by atoms with Gasteiger partial charge in [0.05, 0.1) is 12.1 Å². The number of anilines is 1. The average Bonchev–Trinajstić information content (AvgIpc) is 2.76. The zero-order chi connectivity index (χ0) is 15.4. The van der Waals surface area contributed by atoms with Crippen LogP contribution in [0.1, 0.15) is 32.9 Å². The van der Waals surface area contributed by atoms with Crippen molar-refractivity contribution in [3.63, 3.8) is 0 Å². The van der Waals surface area contributed by atoms with Gasteiger partial charge in [0.25, 0.3) is 5.91 Å². The SMILES string of the molecule is Cc1ccccc1C(=O)Nc1nc(C)c(CCC(=O)O)s1. The van der Waals surface area contributed by atoms with Crippen LogP contribution in [0.2, 0.25) is 0 Å². The van der Waals surface area contributed by atoms with Gasteiger partial charge >= 0.3 is 5.97 Å². The van der Waals surface area contributed by atoms with Gasteiger partial charge in [0.2, 0.25) is 0 Å². The summed E-state index contributed by atoms with van der Waals surface area (Å²) in [5.74, 6) is -1.04. The molecule has 2 N–H and O–H groups in total. The molecule has 5 nitrogen and oxygen atoms in total. The van der Waals surface area contributed by atoms with Crippen molar-refractivity contribution in [3.8, 4) is 0 Å². The molecule has 1 amide bonds. The molecule has 0 saturated heterocycles. The number of hydrogen-bond acceptors (Lipinski definition) is 4. The lowest BCUT2D eigenvalue weighted by atomic mass is 10.1. The number of nitrogens with one attached hydrogen (secondary N) is 1. The van der Waals surface area contributed by atoms with Crippen molar-refractivity contribution in [2.24, 2.45) is 0 Å². The Hall–Kier alpha value is -2.21. The Labute approximate surface area is 126 Å². The number of aryl methyl sites for hydroxylation is 3. The molecule has 0 atom stereocenters. The molecule has 0 aliphatic carbocycles. The van der Waals surface area contributed by atoms with Crippen LogP contribution in [0.5, 0.6) is 0 Å². The number of carbonyl (C=O) groups is 2. The van der Waals surface area contributed by atoms with Crippen LogP contribution < -0.4 is 5.32 Å². The van der Waals surface area contributed by atoms with Crippen LogP contribution in [-0.2, 0) is 11.2 Å². The Morgan fingerprint density at radius 1 is 1.29 bits per heavy atom. The lowest BCUT2D eigenvalue weighted by molar-refractivity contribution is -0.136. The number of thiazole rings is 1. The van der Waals surface area contributed by atoms with E-state index in [1.165, 1.54) is 11.3 Å². The summed E-state index contributed by atoms with van der Waals surface area (Å²) < 4.78 is 0. The van der Waals surface area contributed by atoms with Crippen molar-refractivity contribution < 1.29 is 14.7 Å². The number of hydrogen-bond donors (Lipinski definition) is 2. The molecule has 0 saturated carbocycles. The summed E-state index contributed by atoms with van der Waals surface area (Å²) in [6.07, 6.45) is 0.493. The molecule has 21 heavy (non-hydrogen) atoms. The predicted octanol–water partition coefficient (Wildman–Crippen LogP) is 3.03. The van der Waals surface area contributed by atoms with Crippen molar-refractivity contribution in [1.82, 2.24) is 4.98 Å². The number of rotatable bonds is 5. The Morgan fingerprint density at radius 3 is 2.67 bits per heavy atom. The van der Waals surface area contributed by atoms with E-state index in [1.54, 1.807) is 6.07 Å². The van der Waals surface area contributed by atoms with Gasteiger partial charge in [0, 0.05) is 10.4 Å². The molecule has 1 aromatic heterocycles. The standard InChI is InChI=1S/C15H16N2O3S/c1-9-5-3-4-6-11(9)14(20)17-15-16-10(2)12(21-15)7-8-13(18)19/h3-6H,7-8H2,1-2H3,(H,18,19)(H,16,17,20). The molecule has 6 heteroatoms. The minimum Gasteiger partial charge on any atom is -0.481 e. The maximum atomic E-state index is 12.2. The molecule has 0 bridgehead atoms. The number of amides is 1. The number of benzene rings is 1. The number of nitrogens with zero attached hydrogens (tertiary/aromatic N) is 1. The topological polar surface area (TPSA) is 79.3 Å². The fourth-order valence-electron chi connectivity index (χ4n) is 1.93. The largest absolute Gasteiger partial charge is 0.481 e. The number of carboxylic acids is 1. The molecular weight excluding hydrogens is 288 g/mol. The first kappa shape index (κ1) is 15.2. The highest BCUT2D eigenvalue weighted by atomic mass is 32.1. The molecule has 0 aliphatic rings. The Kier molecular flexibility index (Phi) is 4.70. The third kappa shape index (κ3) is 3.88. The van der Waals surface area contributed by atoms with Gasteiger partial charge in [-0.05, 0) is 31.9 Å². The second-order valence-corrected chi connectivity index (χ2v) is 5.77.